The van der Waals surface area contributed by atoms with E-state index in [4.69, 9.17) is 11.6 Å². The minimum atomic E-state index is -0.390. The molecule has 0 aliphatic carbocycles. The number of carbonyl (C=O) groups is 2. The molecule has 25 heavy (non-hydrogen) atoms. The molecular formula is C20H19ClN2O2. The number of nitrogens with zero attached hydrogens (tertiary/aromatic N) is 2. The summed E-state index contributed by atoms with van der Waals surface area (Å²) >= 11 is 6.17. The molecule has 0 unspecified atom stereocenters. The van der Waals surface area contributed by atoms with E-state index in [0.29, 0.717) is 17.3 Å². The summed E-state index contributed by atoms with van der Waals surface area (Å²) in [6.45, 7) is 3.34. The Morgan fingerprint density at radius 1 is 1.04 bits per heavy atom. The highest BCUT2D eigenvalue weighted by atomic mass is 35.5. The van der Waals surface area contributed by atoms with E-state index < -0.39 is 0 Å². The predicted molar refractivity (Wildman–Crippen MR) is 97.6 cm³/mol. The van der Waals surface area contributed by atoms with E-state index in [1.54, 1.807) is 18.2 Å². The summed E-state index contributed by atoms with van der Waals surface area (Å²) in [5, 5.41) is 0.563. The summed E-state index contributed by atoms with van der Waals surface area (Å²) < 4.78 is 0. The number of benzene rings is 2. The molecule has 0 spiro atoms. The van der Waals surface area contributed by atoms with E-state index >= 15 is 0 Å². The molecule has 0 radical (unpaired) electrons. The lowest BCUT2D eigenvalue weighted by atomic mass is 9.98. The molecule has 2 aliphatic rings. The maximum atomic E-state index is 13.0. The summed E-state index contributed by atoms with van der Waals surface area (Å²) in [7, 11) is 0. The van der Waals surface area contributed by atoms with Crippen LogP contribution >= 0.6 is 11.6 Å². The molecule has 2 amide bonds. The highest BCUT2D eigenvalue weighted by Crippen LogP contribution is 2.33. The van der Waals surface area contributed by atoms with Gasteiger partial charge in [0.15, 0.2) is 0 Å². The normalized spacial score (nSPS) is 20.9. The van der Waals surface area contributed by atoms with Crippen molar-refractivity contribution in [1.29, 1.82) is 0 Å². The molecule has 4 nitrogen and oxygen atoms in total. The van der Waals surface area contributed by atoms with Crippen LogP contribution in [0.5, 0.6) is 0 Å². The molecule has 2 heterocycles. The maximum Gasteiger partial charge on any atom is 0.251 e. The van der Waals surface area contributed by atoms with Crippen LogP contribution in [0, 0.1) is 6.92 Å². The van der Waals surface area contributed by atoms with Crippen LogP contribution in [0.15, 0.2) is 42.5 Å². The summed E-state index contributed by atoms with van der Waals surface area (Å²) in [6, 6.07) is 13.2. The van der Waals surface area contributed by atoms with Gasteiger partial charge in [-0.3, -0.25) is 14.5 Å². The van der Waals surface area contributed by atoms with E-state index in [1.807, 2.05) is 19.1 Å². The minimum Gasteiger partial charge on any atom is -0.287 e. The SMILES string of the molecule is Cc1c(Cl)cccc1N1C(=O)C[C@@H](N2CCc3ccccc3C2)C1=O. The molecule has 0 saturated carbocycles. The monoisotopic (exact) mass is 354 g/mol. The molecule has 0 N–H and O–H groups in total. The molecule has 1 fully saturated rings. The van der Waals surface area contributed by atoms with Crippen LogP contribution in [0.4, 0.5) is 5.69 Å². The second kappa shape index (κ2) is 6.28. The third-order valence-corrected chi connectivity index (χ3v) is 5.61. The Bertz CT molecular complexity index is 865. The van der Waals surface area contributed by atoms with Gasteiger partial charge in [-0.2, -0.15) is 0 Å². The van der Waals surface area contributed by atoms with E-state index in [-0.39, 0.29) is 24.3 Å². The molecule has 2 aromatic carbocycles. The van der Waals surface area contributed by atoms with Gasteiger partial charge in [-0.25, -0.2) is 4.90 Å². The largest absolute Gasteiger partial charge is 0.287 e. The highest BCUT2D eigenvalue weighted by molar-refractivity contribution is 6.32. The molecule has 2 aromatic rings. The highest BCUT2D eigenvalue weighted by Gasteiger charge is 2.43. The maximum absolute atomic E-state index is 13.0. The number of amides is 2. The fourth-order valence-corrected chi connectivity index (χ4v) is 3.95. The predicted octanol–water partition coefficient (Wildman–Crippen LogP) is 3.34. The average molecular weight is 355 g/mol. The van der Waals surface area contributed by atoms with Crippen molar-refractivity contribution in [3.63, 3.8) is 0 Å². The molecular weight excluding hydrogens is 336 g/mol. The smallest absolute Gasteiger partial charge is 0.251 e. The van der Waals surface area contributed by atoms with Gasteiger partial charge in [-0.05, 0) is 42.2 Å². The summed E-state index contributed by atoms with van der Waals surface area (Å²) in [5.74, 6) is -0.297. The van der Waals surface area contributed by atoms with Gasteiger partial charge >= 0.3 is 0 Å². The third-order valence-electron chi connectivity index (χ3n) is 5.20. The topological polar surface area (TPSA) is 40.6 Å². The third kappa shape index (κ3) is 2.75. The quantitative estimate of drug-likeness (QED) is 0.777. The van der Waals surface area contributed by atoms with Gasteiger partial charge in [0, 0.05) is 18.1 Å². The number of fused-ring (bicyclic) bond motifs is 1. The van der Waals surface area contributed by atoms with Gasteiger partial charge in [0.1, 0.15) is 0 Å². The van der Waals surface area contributed by atoms with Crippen molar-refractivity contribution >= 4 is 29.1 Å². The zero-order chi connectivity index (χ0) is 17.6. The molecule has 2 aliphatic heterocycles. The summed E-state index contributed by atoms with van der Waals surface area (Å²) in [5.41, 5.74) is 3.93. The first-order valence-corrected chi connectivity index (χ1v) is 8.87. The van der Waals surface area contributed by atoms with E-state index in [9.17, 15) is 9.59 Å². The second-order valence-corrected chi connectivity index (χ2v) is 7.07. The van der Waals surface area contributed by atoms with Gasteiger partial charge in [0.05, 0.1) is 18.2 Å². The van der Waals surface area contributed by atoms with E-state index in [1.165, 1.54) is 16.0 Å². The number of halogens is 1. The van der Waals surface area contributed by atoms with Gasteiger partial charge < -0.3 is 0 Å². The lowest BCUT2D eigenvalue weighted by Crippen LogP contribution is -2.44. The molecule has 0 bridgehead atoms. The van der Waals surface area contributed by atoms with Crippen molar-refractivity contribution < 1.29 is 9.59 Å². The van der Waals surface area contributed by atoms with Crippen molar-refractivity contribution in [2.24, 2.45) is 0 Å². The van der Waals surface area contributed by atoms with Crippen LogP contribution in [0.1, 0.15) is 23.1 Å². The molecule has 1 saturated heterocycles. The number of anilines is 1. The van der Waals surface area contributed by atoms with Crippen molar-refractivity contribution in [3.05, 3.63) is 64.2 Å². The Morgan fingerprint density at radius 2 is 1.80 bits per heavy atom. The number of imide groups is 1. The van der Waals surface area contributed by atoms with Crippen molar-refractivity contribution in [2.45, 2.75) is 32.4 Å². The average Bonchev–Trinajstić information content (AvgIpc) is 2.91. The molecule has 128 valence electrons. The fourth-order valence-electron chi connectivity index (χ4n) is 3.78. The number of rotatable bonds is 2. The lowest BCUT2D eigenvalue weighted by molar-refractivity contribution is -0.123. The molecule has 0 aromatic heterocycles. The first-order valence-electron chi connectivity index (χ1n) is 8.49. The number of hydrogen-bond acceptors (Lipinski definition) is 3. The first kappa shape index (κ1) is 16.3. The van der Waals surface area contributed by atoms with Crippen molar-refractivity contribution in [2.75, 3.05) is 11.4 Å². The lowest BCUT2D eigenvalue weighted by Gasteiger charge is -2.32. The zero-order valence-corrected chi connectivity index (χ0v) is 14.8. The molecule has 4 rings (SSSR count). The summed E-state index contributed by atoms with van der Waals surface area (Å²) in [4.78, 5) is 29.0. The second-order valence-electron chi connectivity index (χ2n) is 6.66. The van der Waals surface area contributed by atoms with Crippen LogP contribution in [0.3, 0.4) is 0 Å². The van der Waals surface area contributed by atoms with Crippen LogP contribution < -0.4 is 4.90 Å². The number of hydrogen-bond donors (Lipinski definition) is 0. The van der Waals surface area contributed by atoms with Gasteiger partial charge in [0.2, 0.25) is 5.91 Å². The van der Waals surface area contributed by atoms with Gasteiger partial charge in [0.25, 0.3) is 5.91 Å². The Morgan fingerprint density at radius 3 is 2.60 bits per heavy atom. The molecule has 5 heteroatoms. The minimum absolute atomic E-state index is 0.144. The van der Waals surface area contributed by atoms with E-state index in [2.05, 4.69) is 17.0 Å². The zero-order valence-electron chi connectivity index (χ0n) is 14.0. The number of carbonyl (C=O) groups excluding carboxylic acids is 2. The first-order chi connectivity index (χ1) is 12.1. The molecule has 1 atom stereocenters. The van der Waals surface area contributed by atoms with Crippen LogP contribution in [-0.4, -0.2) is 29.3 Å². The Labute approximate surface area is 152 Å². The fraction of sp³-hybridized carbons (Fsp3) is 0.300. The van der Waals surface area contributed by atoms with Gasteiger partial charge in [-0.15, -0.1) is 0 Å². The van der Waals surface area contributed by atoms with Crippen molar-refractivity contribution in [3.8, 4) is 0 Å². The van der Waals surface area contributed by atoms with Crippen LogP contribution in [-0.2, 0) is 22.6 Å². The summed E-state index contributed by atoms with van der Waals surface area (Å²) in [6.07, 6.45) is 1.14. The van der Waals surface area contributed by atoms with E-state index in [0.717, 1.165) is 18.5 Å². The standard InChI is InChI=1S/C20H19ClN2O2/c1-13-16(21)7-4-8-17(13)23-19(24)11-18(20(23)25)22-10-9-14-5-2-3-6-15(14)12-22/h2-8,18H,9-12H2,1H3/t18-/m1/s1. The Balaban J connectivity index is 1.61. The van der Waals surface area contributed by atoms with Gasteiger partial charge in [-0.1, -0.05) is 41.9 Å². The Hall–Kier alpha value is -2.17. The Kier molecular flexibility index (Phi) is 4.10. The van der Waals surface area contributed by atoms with Crippen molar-refractivity contribution in [1.82, 2.24) is 4.90 Å². The van der Waals surface area contributed by atoms with Crippen LogP contribution in [0.2, 0.25) is 5.02 Å². The van der Waals surface area contributed by atoms with Crippen LogP contribution in [0.25, 0.3) is 0 Å².